The fourth-order valence-electron chi connectivity index (χ4n) is 2.02. The number of rotatable bonds is 7. The van der Waals surface area contributed by atoms with Gasteiger partial charge in [0.05, 0.1) is 12.7 Å². The number of nitrogens with two attached hydrogens (primary N) is 1. The van der Waals surface area contributed by atoms with Crippen molar-refractivity contribution in [3.63, 3.8) is 0 Å². The Kier molecular flexibility index (Phi) is 6.42. The van der Waals surface area contributed by atoms with Crippen molar-refractivity contribution < 1.29 is 9.53 Å². The first-order valence-corrected chi connectivity index (χ1v) is 6.38. The van der Waals surface area contributed by atoms with Gasteiger partial charge in [-0.2, -0.15) is 0 Å². The van der Waals surface area contributed by atoms with Gasteiger partial charge in [0.15, 0.2) is 0 Å². The minimum Gasteiger partial charge on any atom is -0.376 e. The summed E-state index contributed by atoms with van der Waals surface area (Å²) in [6, 6.07) is -0.332. The number of hydrogen-bond donors (Lipinski definition) is 2. The fraction of sp³-hybridized carbons (Fsp3) is 0.917. The molecular weight excluding hydrogens is 204 g/mol. The summed E-state index contributed by atoms with van der Waals surface area (Å²) in [6.07, 6.45) is 7.38. The number of ether oxygens (including phenoxy) is 1. The SMILES string of the molecule is CCCNC(COC1CCCCC1)C(N)=O. The Morgan fingerprint density at radius 3 is 2.69 bits per heavy atom. The third-order valence-electron chi connectivity index (χ3n) is 3.03. The molecule has 0 aromatic rings. The lowest BCUT2D eigenvalue weighted by molar-refractivity contribution is -0.122. The van der Waals surface area contributed by atoms with Crippen LogP contribution in [0, 0.1) is 0 Å². The number of carbonyl (C=O) groups is 1. The molecule has 0 aromatic carbocycles. The zero-order valence-corrected chi connectivity index (χ0v) is 10.2. The van der Waals surface area contributed by atoms with Crippen LogP contribution in [0.4, 0.5) is 0 Å². The average Bonchev–Trinajstić information content (AvgIpc) is 2.30. The summed E-state index contributed by atoms with van der Waals surface area (Å²) in [5.74, 6) is -0.316. The molecule has 4 nitrogen and oxygen atoms in total. The molecule has 0 aromatic heterocycles. The molecule has 1 saturated carbocycles. The summed E-state index contributed by atoms with van der Waals surface area (Å²) in [4.78, 5) is 11.2. The molecule has 1 fully saturated rings. The first kappa shape index (κ1) is 13.5. The maximum absolute atomic E-state index is 11.2. The van der Waals surface area contributed by atoms with Crippen LogP contribution in [0.1, 0.15) is 45.4 Å². The molecule has 1 amide bonds. The Morgan fingerprint density at radius 2 is 2.12 bits per heavy atom. The van der Waals surface area contributed by atoms with E-state index in [0.29, 0.717) is 12.7 Å². The van der Waals surface area contributed by atoms with Gasteiger partial charge in [0.1, 0.15) is 6.04 Å². The third kappa shape index (κ3) is 4.94. The Morgan fingerprint density at radius 1 is 1.44 bits per heavy atom. The van der Waals surface area contributed by atoms with Gasteiger partial charge in [0, 0.05) is 0 Å². The van der Waals surface area contributed by atoms with Crippen molar-refractivity contribution in [2.45, 2.75) is 57.6 Å². The summed E-state index contributed by atoms with van der Waals surface area (Å²) in [6.45, 7) is 3.29. The summed E-state index contributed by atoms with van der Waals surface area (Å²) in [7, 11) is 0. The standard InChI is InChI=1S/C12H24N2O2/c1-2-8-14-11(12(13)15)9-16-10-6-4-3-5-7-10/h10-11,14H,2-9H2,1H3,(H2,13,15). The van der Waals surface area contributed by atoms with Crippen molar-refractivity contribution in [3.05, 3.63) is 0 Å². The number of nitrogens with one attached hydrogen (secondary N) is 1. The van der Waals surface area contributed by atoms with E-state index in [2.05, 4.69) is 12.2 Å². The summed E-state index contributed by atoms with van der Waals surface area (Å²) in [5.41, 5.74) is 5.31. The van der Waals surface area contributed by atoms with Crippen molar-refractivity contribution in [2.24, 2.45) is 5.73 Å². The predicted octanol–water partition coefficient (Wildman–Crippen LogP) is 1.19. The molecule has 0 aliphatic heterocycles. The molecule has 1 aliphatic carbocycles. The zero-order valence-electron chi connectivity index (χ0n) is 10.2. The smallest absolute Gasteiger partial charge is 0.236 e. The Bertz CT molecular complexity index is 203. The molecule has 1 aliphatic rings. The fourth-order valence-corrected chi connectivity index (χ4v) is 2.02. The number of hydrogen-bond acceptors (Lipinski definition) is 3. The minimum absolute atomic E-state index is 0.316. The lowest BCUT2D eigenvalue weighted by Gasteiger charge is -2.24. The molecule has 0 radical (unpaired) electrons. The van der Waals surface area contributed by atoms with Crippen LogP contribution in [0.2, 0.25) is 0 Å². The highest BCUT2D eigenvalue weighted by Gasteiger charge is 2.19. The van der Waals surface area contributed by atoms with E-state index in [0.717, 1.165) is 25.8 Å². The quantitative estimate of drug-likeness (QED) is 0.688. The first-order valence-electron chi connectivity index (χ1n) is 6.38. The molecule has 1 rings (SSSR count). The van der Waals surface area contributed by atoms with E-state index in [1.807, 2.05) is 0 Å². The lowest BCUT2D eigenvalue weighted by atomic mass is 9.98. The second-order valence-electron chi connectivity index (χ2n) is 4.50. The molecule has 0 heterocycles. The van der Waals surface area contributed by atoms with Crippen molar-refractivity contribution in [1.29, 1.82) is 0 Å². The van der Waals surface area contributed by atoms with E-state index in [4.69, 9.17) is 10.5 Å². The van der Waals surface area contributed by atoms with Crippen LogP contribution in [0.15, 0.2) is 0 Å². The third-order valence-corrected chi connectivity index (χ3v) is 3.03. The van der Waals surface area contributed by atoms with Crippen LogP contribution in [0.25, 0.3) is 0 Å². The van der Waals surface area contributed by atoms with Gasteiger partial charge < -0.3 is 15.8 Å². The molecule has 0 saturated heterocycles. The lowest BCUT2D eigenvalue weighted by Crippen LogP contribution is -2.45. The molecule has 1 unspecified atom stereocenters. The highest BCUT2D eigenvalue weighted by Crippen LogP contribution is 2.20. The van der Waals surface area contributed by atoms with E-state index in [1.165, 1.54) is 19.3 Å². The summed E-state index contributed by atoms with van der Waals surface area (Å²) >= 11 is 0. The van der Waals surface area contributed by atoms with Gasteiger partial charge in [-0.25, -0.2) is 0 Å². The monoisotopic (exact) mass is 228 g/mol. The largest absolute Gasteiger partial charge is 0.376 e. The first-order chi connectivity index (χ1) is 7.74. The molecule has 0 bridgehead atoms. The van der Waals surface area contributed by atoms with Crippen molar-refractivity contribution in [3.8, 4) is 0 Å². The second-order valence-corrected chi connectivity index (χ2v) is 4.50. The highest BCUT2D eigenvalue weighted by atomic mass is 16.5. The molecule has 0 spiro atoms. The van der Waals surface area contributed by atoms with Gasteiger partial charge in [0.2, 0.25) is 5.91 Å². The number of primary amides is 1. The van der Waals surface area contributed by atoms with E-state index in [9.17, 15) is 4.79 Å². The Balaban J connectivity index is 2.22. The van der Waals surface area contributed by atoms with Crippen molar-refractivity contribution in [1.82, 2.24) is 5.32 Å². The van der Waals surface area contributed by atoms with E-state index < -0.39 is 0 Å². The average molecular weight is 228 g/mol. The number of amides is 1. The second kappa shape index (κ2) is 7.63. The van der Waals surface area contributed by atoms with Gasteiger partial charge in [0.25, 0.3) is 0 Å². The van der Waals surface area contributed by atoms with E-state index >= 15 is 0 Å². The summed E-state index contributed by atoms with van der Waals surface area (Å²) < 4.78 is 5.74. The van der Waals surface area contributed by atoms with Crippen LogP contribution in [-0.4, -0.2) is 31.2 Å². The van der Waals surface area contributed by atoms with Gasteiger partial charge in [-0.05, 0) is 25.8 Å². The maximum Gasteiger partial charge on any atom is 0.236 e. The normalized spacial score (nSPS) is 19.6. The predicted molar refractivity (Wildman–Crippen MR) is 64.1 cm³/mol. The number of carbonyl (C=O) groups excluding carboxylic acids is 1. The van der Waals surface area contributed by atoms with Crippen LogP contribution >= 0.6 is 0 Å². The van der Waals surface area contributed by atoms with Crippen LogP contribution in [0.3, 0.4) is 0 Å². The van der Waals surface area contributed by atoms with Gasteiger partial charge >= 0.3 is 0 Å². The maximum atomic E-state index is 11.2. The van der Waals surface area contributed by atoms with Crippen LogP contribution in [-0.2, 0) is 9.53 Å². The summed E-state index contributed by atoms with van der Waals surface area (Å²) in [5, 5.41) is 3.11. The van der Waals surface area contributed by atoms with Crippen molar-refractivity contribution in [2.75, 3.05) is 13.2 Å². The Hall–Kier alpha value is -0.610. The van der Waals surface area contributed by atoms with Crippen LogP contribution < -0.4 is 11.1 Å². The molecular formula is C12H24N2O2. The van der Waals surface area contributed by atoms with E-state index in [1.54, 1.807) is 0 Å². The minimum atomic E-state index is -0.332. The van der Waals surface area contributed by atoms with Gasteiger partial charge in [-0.1, -0.05) is 26.2 Å². The Labute approximate surface area is 97.9 Å². The topological polar surface area (TPSA) is 64.3 Å². The molecule has 16 heavy (non-hydrogen) atoms. The van der Waals surface area contributed by atoms with Gasteiger partial charge in [-0.15, -0.1) is 0 Å². The molecule has 94 valence electrons. The molecule has 3 N–H and O–H groups in total. The zero-order chi connectivity index (χ0) is 11.8. The van der Waals surface area contributed by atoms with E-state index in [-0.39, 0.29) is 11.9 Å². The van der Waals surface area contributed by atoms with Crippen LogP contribution in [0.5, 0.6) is 0 Å². The van der Waals surface area contributed by atoms with Crippen molar-refractivity contribution >= 4 is 5.91 Å². The van der Waals surface area contributed by atoms with Gasteiger partial charge in [-0.3, -0.25) is 4.79 Å². The molecule has 4 heteroatoms. The highest BCUT2D eigenvalue weighted by molar-refractivity contribution is 5.79. The molecule has 1 atom stereocenters.